The third kappa shape index (κ3) is 6.97. The summed E-state index contributed by atoms with van der Waals surface area (Å²) in [7, 11) is 1.52. The van der Waals surface area contributed by atoms with Crippen LogP contribution in [0.1, 0.15) is 22.9 Å². The maximum atomic E-state index is 13.0. The van der Waals surface area contributed by atoms with Gasteiger partial charge in [0.25, 0.3) is 0 Å². The van der Waals surface area contributed by atoms with Crippen molar-refractivity contribution in [2.45, 2.75) is 25.3 Å². The van der Waals surface area contributed by atoms with Crippen molar-refractivity contribution < 1.29 is 19.1 Å². The van der Waals surface area contributed by atoms with Crippen LogP contribution in [0.5, 0.6) is 0 Å². The Labute approximate surface area is 182 Å². The van der Waals surface area contributed by atoms with Crippen molar-refractivity contribution in [2.24, 2.45) is 0 Å². The quantitative estimate of drug-likeness (QED) is 0.515. The monoisotopic (exact) mass is 418 g/mol. The summed E-state index contributed by atoms with van der Waals surface area (Å²) >= 11 is 0. The minimum Gasteiger partial charge on any atom is -0.445 e. The zero-order valence-electron chi connectivity index (χ0n) is 17.4. The molecule has 3 rings (SSSR count). The Balaban J connectivity index is 1.67. The van der Waals surface area contributed by atoms with Crippen LogP contribution >= 0.6 is 0 Å². The van der Waals surface area contributed by atoms with Crippen LogP contribution in [0.2, 0.25) is 0 Å². The molecule has 2 amide bonds. The maximum absolute atomic E-state index is 13.0. The molecule has 6 heteroatoms. The maximum Gasteiger partial charge on any atom is 0.408 e. The fourth-order valence-corrected chi connectivity index (χ4v) is 3.10. The second-order valence-corrected chi connectivity index (χ2v) is 6.98. The Bertz CT molecular complexity index is 949. The van der Waals surface area contributed by atoms with Gasteiger partial charge in [-0.3, -0.25) is 4.79 Å². The Hall–Kier alpha value is -3.64. The van der Waals surface area contributed by atoms with Crippen molar-refractivity contribution in [3.8, 4) is 0 Å². The third-order valence-electron chi connectivity index (χ3n) is 4.72. The van der Waals surface area contributed by atoms with E-state index in [1.165, 1.54) is 7.11 Å². The Kier molecular flexibility index (Phi) is 8.20. The zero-order chi connectivity index (χ0) is 21.9. The van der Waals surface area contributed by atoms with Gasteiger partial charge in [0.1, 0.15) is 12.6 Å². The number of nitrogens with one attached hydrogen (secondary N) is 2. The van der Waals surface area contributed by atoms with Gasteiger partial charge in [0.15, 0.2) is 6.23 Å². The van der Waals surface area contributed by atoms with Gasteiger partial charge < -0.3 is 20.1 Å². The van der Waals surface area contributed by atoms with E-state index in [4.69, 9.17) is 9.47 Å². The van der Waals surface area contributed by atoms with Gasteiger partial charge in [-0.05, 0) is 11.1 Å². The Morgan fingerprint density at radius 2 is 1.32 bits per heavy atom. The van der Waals surface area contributed by atoms with Crippen molar-refractivity contribution in [3.05, 3.63) is 108 Å². The van der Waals surface area contributed by atoms with Crippen LogP contribution in [0.4, 0.5) is 4.79 Å². The topological polar surface area (TPSA) is 76.7 Å². The van der Waals surface area contributed by atoms with Crippen molar-refractivity contribution in [2.75, 3.05) is 7.11 Å². The number of methoxy groups -OCH3 is 1. The van der Waals surface area contributed by atoms with Crippen molar-refractivity contribution >= 4 is 12.0 Å². The molecule has 0 aliphatic heterocycles. The SMILES string of the molecule is CO[C@@H](NC(=O)[C@@H](Cc1ccccc1)NC(=O)OCc1ccccc1)c1ccccc1. The molecule has 31 heavy (non-hydrogen) atoms. The highest BCUT2D eigenvalue weighted by Gasteiger charge is 2.25. The fraction of sp³-hybridized carbons (Fsp3) is 0.200. The number of rotatable bonds is 9. The molecule has 3 aromatic carbocycles. The van der Waals surface area contributed by atoms with Crippen molar-refractivity contribution in [3.63, 3.8) is 0 Å². The van der Waals surface area contributed by atoms with Gasteiger partial charge in [0, 0.05) is 19.1 Å². The molecule has 0 unspecified atom stereocenters. The lowest BCUT2D eigenvalue weighted by molar-refractivity contribution is -0.127. The summed E-state index contributed by atoms with van der Waals surface area (Å²) in [6.45, 7) is 0.122. The molecule has 0 heterocycles. The molecule has 0 fully saturated rings. The third-order valence-corrected chi connectivity index (χ3v) is 4.72. The highest BCUT2D eigenvalue weighted by Crippen LogP contribution is 2.14. The number of amides is 2. The molecule has 0 radical (unpaired) electrons. The Morgan fingerprint density at radius 3 is 1.90 bits per heavy atom. The molecule has 0 saturated heterocycles. The number of benzene rings is 3. The summed E-state index contributed by atoms with van der Waals surface area (Å²) in [5.41, 5.74) is 2.59. The lowest BCUT2D eigenvalue weighted by Gasteiger charge is -2.23. The molecule has 0 saturated carbocycles. The van der Waals surface area contributed by atoms with Gasteiger partial charge >= 0.3 is 6.09 Å². The fourth-order valence-electron chi connectivity index (χ4n) is 3.10. The van der Waals surface area contributed by atoms with E-state index >= 15 is 0 Å². The van der Waals surface area contributed by atoms with E-state index in [-0.39, 0.29) is 12.5 Å². The van der Waals surface area contributed by atoms with E-state index in [2.05, 4.69) is 10.6 Å². The van der Waals surface area contributed by atoms with Crippen LogP contribution in [-0.2, 0) is 27.3 Å². The van der Waals surface area contributed by atoms with Gasteiger partial charge in [-0.15, -0.1) is 0 Å². The average Bonchev–Trinajstić information content (AvgIpc) is 2.82. The van der Waals surface area contributed by atoms with Gasteiger partial charge in [0.2, 0.25) is 5.91 Å². The number of alkyl carbamates (subject to hydrolysis) is 1. The van der Waals surface area contributed by atoms with E-state index in [1.807, 2.05) is 91.0 Å². The molecular weight excluding hydrogens is 392 g/mol. The van der Waals surface area contributed by atoms with E-state index in [0.29, 0.717) is 6.42 Å². The summed E-state index contributed by atoms with van der Waals surface area (Å²) in [5.74, 6) is -0.365. The Morgan fingerprint density at radius 1 is 0.774 bits per heavy atom. The standard InChI is InChI=1S/C25H26N2O4/c1-30-24(21-15-9-4-10-16-21)27-23(28)22(17-19-11-5-2-6-12-19)26-25(29)31-18-20-13-7-3-8-14-20/h2-16,22,24H,17-18H2,1H3,(H,26,29)(H,27,28)/t22-,24-/m1/s1. The highest BCUT2D eigenvalue weighted by atomic mass is 16.5. The summed E-state index contributed by atoms with van der Waals surface area (Å²) in [5, 5.41) is 5.54. The molecule has 2 N–H and O–H groups in total. The first kappa shape index (κ1) is 22.1. The largest absolute Gasteiger partial charge is 0.445 e. The first-order valence-corrected chi connectivity index (χ1v) is 10.0. The number of hydrogen-bond acceptors (Lipinski definition) is 4. The predicted octanol–water partition coefficient (Wildman–Crippen LogP) is 3.99. The molecule has 2 atom stereocenters. The second-order valence-electron chi connectivity index (χ2n) is 6.98. The molecule has 0 aliphatic rings. The summed E-state index contributed by atoms with van der Waals surface area (Å²) in [6, 6.07) is 27.4. The molecular formula is C25H26N2O4. The van der Waals surface area contributed by atoms with Crippen LogP contribution < -0.4 is 10.6 Å². The highest BCUT2D eigenvalue weighted by molar-refractivity contribution is 5.86. The molecule has 6 nitrogen and oxygen atoms in total. The van der Waals surface area contributed by atoms with E-state index in [9.17, 15) is 9.59 Å². The van der Waals surface area contributed by atoms with Gasteiger partial charge in [-0.2, -0.15) is 0 Å². The lowest BCUT2D eigenvalue weighted by Crippen LogP contribution is -2.49. The molecule has 3 aromatic rings. The first-order chi connectivity index (χ1) is 15.2. The minimum absolute atomic E-state index is 0.122. The lowest BCUT2D eigenvalue weighted by atomic mass is 10.1. The molecule has 0 bridgehead atoms. The number of carbonyl (C=O) groups excluding carboxylic acids is 2. The van der Waals surface area contributed by atoms with Gasteiger partial charge in [-0.25, -0.2) is 4.79 Å². The van der Waals surface area contributed by atoms with Crippen molar-refractivity contribution in [1.82, 2.24) is 10.6 Å². The number of ether oxygens (including phenoxy) is 2. The molecule has 0 aromatic heterocycles. The van der Waals surface area contributed by atoms with Crippen LogP contribution in [0.3, 0.4) is 0 Å². The zero-order valence-corrected chi connectivity index (χ0v) is 17.4. The van der Waals surface area contributed by atoms with Crippen LogP contribution in [0.25, 0.3) is 0 Å². The van der Waals surface area contributed by atoms with Crippen LogP contribution in [0.15, 0.2) is 91.0 Å². The van der Waals surface area contributed by atoms with E-state index < -0.39 is 18.4 Å². The second kappa shape index (κ2) is 11.5. The van der Waals surface area contributed by atoms with Crippen LogP contribution in [-0.4, -0.2) is 25.2 Å². The van der Waals surface area contributed by atoms with E-state index in [1.54, 1.807) is 0 Å². The normalized spacial score (nSPS) is 12.4. The number of hydrogen-bond donors (Lipinski definition) is 2. The van der Waals surface area contributed by atoms with Crippen LogP contribution in [0, 0.1) is 0 Å². The predicted molar refractivity (Wildman–Crippen MR) is 118 cm³/mol. The summed E-state index contributed by atoms with van der Waals surface area (Å²) < 4.78 is 10.7. The summed E-state index contributed by atoms with van der Waals surface area (Å²) in [6.07, 6.45) is -0.971. The average molecular weight is 418 g/mol. The minimum atomic E-state index is -0.827. The van der Waals surface area contributed by atoms with E-state index in [0.717, 1.165) is 16.7 Å². The summed E-state index contributed by atoms with van der Waals surface area (Å²) in [4.78, 5) is 25.4. The molecule has 0 spiro atoms. The van der Waals surface area contributed by atoms with Gasteiger partial charge in [-0.1, -0.05) is 91.0 Å². The van der Waals surface area contributed by atoms with Crippen molar-refractivity contribution in [1.29, 1.82) is 0 Å². The van der Waals surface area contributed by atoms with Gasteiger partial charge in [0.05, 0.1) is 0 Å². The smallest absolute Gasteiger partial charge is 0.408 e. The molecule has 160 valence electrons. The first-order valence-electron chi connectivity index (χ1n) is 10.0. The number of carbonyl (C=O) groups is 2. The molecule has 0 aliphatic carbocycles.